The van der Waals surface area contributed by atoms with Crippen LogP contribution in [0.1, 0.15) is 46.5 Å². The van der Waals surface area contributed by atoms with Gasteiger partial charge in [-0.05, 0) is 27.2 Å². The van der Waals surface area contributed by atoms with Crippen LogP contribution >= 0.6 is 13.6 Å². The predicted octanol–water partition coefficient (Wildman–Crippen LogP) is 3.57. The Morgan fingerprint density at radius 1 is 1.36 bits per heavy atom. The van der Waals surface area contributed by atoms with Gasteiger partial charge in [0.1, 0.15) is 5.60 Å². The molecular formula is C10H19BrO2Zn. The first-order valence-corrected chi connectivity index (χ1v) is 11.7. The van der Waals surface area contributed by atoms with Crippen LogP contribution in [-0.2, 0) is 25.9 Å². The van der Waals surface area contributed by atoms with Crippen LogP contribution in [0.2, 0.25) is 0 Å². The molecule has 0 rings (SSSR count). The van der Waals surface area contributed by atoms with Crippen LogP contribution in [0, 0.1) is 6.92 Å². The Morgan fingerprint density at radius 2 is 1.86 bits per heavy atom. The summed E-state index contributed by atoms with van der Waals surface area (Å²) >= 11 is 4.25. The van der Waals surface area contributed by atoms with Gasteiger partial charge in [0, 0.05) is 6.42 Å². The molecule has 80 valence electrons. The van der Waals surface area contributed by atoms with Crippen LogP contribution in [0.15, 0.2) is 0 Å². The van der Waals surface area contributed by atoms with Gasteiger partial charge >= 0.3 is 35.9 Å². The van der Waals surface area contributed by atoms with Crippen LogP contribution in [-0.4, -0.2) is 11.6 Å². The van der Waals surface area contributed by atoms with Gasteiger partial charge in [-0.15, -0.1) is 0 Å². The number of rotatable bonds is 4. The second-order valence-corrected chi connectivity index (χ2v) is 3.90. The van der Waals surface area contributed by atoms with E-state index in [-0.39, 0.29) is 11.6 Å². The number of ether oxygens (including phenoxy) is 1. The molecule has 0 atom stereocenters. The number of unbranched alkanes of at least 4 members (excludes halogenated alkanes) is 2. The van der Waals surface area contributed by atoms with Crippen molar-refractivity contribution in [2.45, 2.75) is 52.1 Å². The second-order valence-electron chi connectivity index (χ2n) is 3.90. The molecule has 0 aliphatic rings. The molecule has 0 aromatic rings. The molecule has 0 amide bonds. The predicted molar refractivity (Wildman–Crippen MR) is 58.6 cm³/mol. The Morgan fingerprint density at radius 3 is 2.21 bits per heavy atom. The van der Waals surface area contributed by atoms with Crippen molar-refractivity contribution < 1.29 is 25.9 Å². The van der Waals surface area contributed by atoms with E-state index in [2.05, 4.69) is 20.5 Å². The Hall–Kier alpha value is 0.573. The van der Waals surface area contributed by atoms with Crippen molar-refractivity contribution in [3.8, 4) is 0 Å². The summed E-state index contributed by atoms with van der Waals surface area (Å²) in [4.78, 5) is 11.1. The maximum absolute atomic E-state index is 11.1. The molecule has 0 fully saturated rings. The number of halogens is 1. The summed E-state index contributed by atoms with van der Waals surface area (Å²) < 4.78 is 5.12. The summed E-state index contributed by atoms with van der Waals surface area (Å²) in [5, 5.41) is 0. The van der Waals surface area contributed by atoms with Crippen molar-refractivity contribution in [1.82, 2.24) is 0 Å². The van der Waals surface area contributed by atoms with Gasteiger partial charge in [0.2, 0.25) is 0 Å². The molecule has 2 nitrogen and oxygen atoms in total. The number of hydrogen-bond donors (Lipinski definition) is 0. The molecular weight excluding hydrogens is 297 g/mol. The van der Waals surface area contributed by atoms with Gasteiger partial charge in [-0.3, -0.25) is 4.79 Å². The fraction of sp³-hybridized carbons (Fsp3) is 0.800. The van der Waals surface area contributed by atoms with Crippen molar-refractivity contribution in [3.05, 3.63) is 6.92 Å². The first kappa shape index (κ1) is 17.0. The van der Waals surface area contributed by atoms with Gasteiger partial charge in [-0.1, -0.05) is 6.42 Å². The molecule has 0 N–H and O–H groups in total. The normalized spacial score (nSPS) is 10.2. The van der Waals surface area contributed by atoms with E-state index in [1.165, 1.54) is 16.3 Å². The van der Waals surface area contributed by atoms with Crippen molar-refractivity contribution in [1.29, 1.82) is 0 Å². The molecule has 0 aromatic carbocycles. The van der Waals surface area contributed by atoms with Crippen LogP contribution in [0.25, 0.3) is 0 Å². The van der Waals surface area contributed by atoms with E-state index in [9.17, 15) is 4.79 Å². The Balaban J connectivity index is 0. The van der Waals surface area contributed by atoms with E-state index < -0.39 is 0 Å². The summed E-state index contributed by atoms with van der Waals surface area (Å²) in [5.74, 6) is -0.101. The molecule has 0 heterocycles. The molecule has 0 bridgehead atoms. The van der Waals surface area contributed by atoms with Crippen LogP contribution in [0.3, 0.4) is 0 Å². The summed E-state index contributed by atoms with van der Waals surface area (Å²) in [6.45, 7) is 9.35. The van der Waals surface area contributed by atoms with Gasteiger partial charge in [0.15, 0.2) is 0 Å². The van der Waals surface area contributed by atoms with E-state index >= 15 is 0 Å². The van der Waals surface area contributed by atoms with E-state index in [4.69, 9.17) is 4.74 Å². The van der Waals surface area contributed by atoms with Gasteiger partial charge in [-0.25, -0.2) is 0 Å². The zero-order valence-corrected chi connectivity index (χ0v) is 14.0. The molecule has 14 heavy (non-hydrogen) atoms. The maximum atomic E-state index is 11.1. The molecule has 0 unspecified atom stereocenters. The SMILES string of the molecule is [CH2-]CCCCC(=O)OC(C)(C)C.[Zn+][Br]. The molecule has 4 heteroatoms. The molecule has 0 radical (unpaired) electrons. The third kappa shape index (κ3) is 15.1. The molecule has 0 aromatic heterocycles. The average molecular weight is 317 g/mol. The summed E-state index contributed by atoms with van der Waals surface area (Å²) in [7, 11) is 0. The molecule has 0 saturated heterocycles. The van der Waals surface area contributed by atoms with Crippen LogP contribution in [0.4, 0.5) is 0 Å². The van der Waals surface area contributed by atoms with Crippen molar-refractivity contribution >= 4 is 19.6 Å². The standard InChI is InChI=1S/C10H19O2.BrH.Zn/c1-5-6-7-8-9(11)12-10(2,3)4;;/h1,5-8H2,2-4H3;1H;/q-1;;+2/p-1. The first-order chi connectivity index (χ1) is 6.45. The van der Waals surface area contributed by atoms with E-state index in [1.807, 2.05) is 20.8 Å². The Labute approximate surface area is 104 Å². The number of carbonyl (C=O) groups excluding carboxylic acids is 1. The monoisotopic (exact) mass is 314 g/mol. The van der Waals surface area contributed by atoms with Gasteiger partial charge in [0.25, 0.3) is 0 Å². The summed E-state index contributed by atoms with van der Waals surface area (Å²) in [5.41, 5.74) is -0.346. The van der Waals surface area contributed by atoms with Gasteiger partial charge in [0.05, 0.1) is 0 Å². The summed E-state index contributed by atoms with van der Waals surface area (Å²) in [6.07, 6.45) is 3.30. The zero-order chi connectivity index (χ0) is 11.6. The van der Waals surface area contributed by atoms with E-state index in [0.29, 0.717) is 6.42 Å². The van der Waals surface area contributed by atoms with Crippen LogP contribution < -0.4 is 0 Å². The topological polar surface area (TPSA) is 26.3 Å². The van der Waals surface area contributed by atoms with E-state index in [0.717, 1.165) is 19.3 Å². The Kier molecular flexibility index (Phi) is 12.3. The van der Waals surface area contributed by atoms with Crippen molar-refractivity contribution in [3.63, 3.8) is 0 Å². The van der Waals surface area contributed by atoms with Gasteiger partial charge in [-0.2, -0.15) is 6.42 Å². The third-order valence-electron chi connectivity index (χ3n) is 1.30. The first-order valence-electron chi connectivity index (χ1n) is 4.73. The summed E-state index contributed by atoms with van der Waals surface area (Å²) in [6, 6.07) is 0. The molecule has 0 saturated carbocycles. The number of carbonyl (C=O) groups is 1. The minimum atomic E-state index is -0.346. The third-order valence-corrected chi connectivity index (χ3v) is 1.30. The van der Waals surface area contributed by atoms with Crippen molar-refractivity contribution in [2.75, 3.05) is 0 Å². The van der Waals surface area contributed by atoms with Gasteiger partial charge < -0.3 is 11.7 Å². The fourth-order valence-electron chi connectivity index (χ4n) is 0.839. The number of hydrogen-bond acceptors (Lipinski definition) is 2. The molecule has 0 aliphatic heterocycles. The average Bonchev–Trinajstić information content (AvgIpc) is 2.05. The molecule has 0 spiro atoms. The minimum absolute atomic E-state index is 0.101. The number of esters is 1. The fourth-order valence-corrected chi connectivity index (χ4v) is 0.839. The molecule has 0 aliphatic carbocycles. The van der Waals surface area contributed by atoms with Crippen LogP contribution in [0.5, 0.6) is 0 Å². The quantitative estimate of drug-likeness (QED) is 0.343. The van der Waals surface area contributed by atoms with Crippen molar-refractivity contribution in [2.24, 2.45) is 0 Å². The Bertz CT molecular complexity index is 144. The second kappa shape index (κ2) is 10.1. The van der Waals surface area contributed by atoms with E-state index in [1.54, 1.807) is 0 Å². The zero-order valence-electron chi connectivity index (χ0n) is 9.44.